The van der Waals surface area contributed by atoms with E-state index in [-0.39, 0.29) is 0 Å². The predicted molar refractivity (Wildman–Crippen MR) is 84.7 cm³/mol. The molecular formula is C18H21N3. The molecule has 1 heterocycles. The first-order valence-electron chi connectivity index (χ1n) is 7.94. The number of rotatable bonds is 3. The highest BCUT2D eigenvalue weighted by atomic mass is 15.2. The Morgan fingerprint density at radius 3 is 2.67 bits per heavy atom. The van der Waals surface area contributed by atoms with Crippen molar-refractivity contribution in [2.24, 2.45) is 0 Å². The zero-order chi connectivity index (χ0) is 14.2. The van der Waals surface area contributed by atoms with Gasteiger partial charge in [-0.25, -0.2) is 9.97 Å². The van der Waals surface area contributed by atoms with Crippen LogP contribution < -0.4 is 4.90 Å². The van der Waals surface area contributed by atoms with Gasteiger partial charge >= 0.3 is 0 Å². The molecule has 2 aliphatic rings. The summed E-state index contributed by atoms with van der Waals surface area (Å²) in [7, 11) is 2.18. The normalized spacial score (nSPS) is 20.9. The average Bonchev–Trinajstić information content (AvgIpc) is 3.39. The third-order valence-electron chi connectivity index (χ3n) is 4.83. The van der Waals surface area contributed by atoms with E-state index in [9.17, 15) is 0 Å². The van der Waals surface area contributed by atoms with Crippen LogP contribution in [0.1, 0.15) is 42.1 Å². The number of hydrogen-bond acceptors (Lipinski definition) is 3. The third kappa shape index (κ3) is 2.53. The SMILES string of the molecule is CN(c1ccnc(C2CC2)n1)[C@@H]1CCc2ccccc2C1. The first kappa shape index (κ1) is 12.8. The minimum Gasteiger partial charge on any atom is -0.356 e. The molecule has 1 aromatic heterocycles. The van der Waals surface area contributed by atoms with Crippen molar-refractivity contribution in [3.63, 3.8) is 0 Å². The third-order valence-corrected chi connectivity index (χ3v) is 4.83. The van der Waals surface area contributed by atoms with Crippen molar-refractivity contribution >= 4 is 5.82 Å². The van der Waals surface area contributed by atoms with Crippen LogP contribution in [0.3, 0.4) is 0 Å². The summed E-state index contributed by atoms with van der Waals surface area (Å²) in [6.07, 6.45) is 7.93. The smallest absolute Gasteiger partial charge is 0.133 e. The second-order valence-corrected chi connectivity index (χ2v) is 6.32. The fourth-order valence-electron chi connectivity index (χ4n) is 3.29. The van der Waals surface area contributed by atoms with Crippen LogP contribution in [-0.4, -0.2) is 23.1 Å². The van der Waals surface area contributed by atoms with Crippen LogP contribution >= 0.6 is 0 Å². The first-order chi connectivity index (χ1) is 10.3. The van der Waals surface area contributed by atoms with E-state index in [4.69, 9.17) is 4.98 Å². The standard InChI is InChI=1S/C18H21N3/c1-21(17-10-11-19-18(20-17)14-6-7-14)16-9-8-13-4-2-3-5-15(13)12-16/h2-5,10-11,14,16H,6-9,12H2,1H3/t16-/m1/s1. The Morgan fingerprint density at radius 2 is 1.86 bits per heavy atom. The predicted octanol–water partition coefficient (Wildman–Crippen LogP) is 3.35. The van der Waals surface area contributed by atoms with Crippen molar-refractivity contribution in [1.29, 1.82) is 0 Å². The fourth-order valence-corrected chi connectivity index (χ4v) is 3.29. The maximum Gasteiger partial charge on any atom is 0.133 e. The summed E-state index contributed by atoms with van der Waals surface area (Å²) < 4.78 is 0. The first-order valence-corrected chi connectivity index (χ1v) is 7.94. The second kappa shape index (κ2) is 5.14. The van der Waals surface area contributed by atoms with E-state index < -0.39 is 0 Å². The van der Waals surface area contributed by atoms with Crippen LogP contribution in [0.4, 0.5) is 5.82 Å². The van der Waals surface area contributed by atoms with Crippen LogP contribution in [0.2, 0.25) is 0 Å². The number of fused-ring (bicyclic) bond motifs is 1. The second-order valence-electron chi connectivity index (χ2n) is 6.32. The molecule has 3 nitrogen and oxygen atoms in total. The highest BCUT2D eigenvalue weighted by Crippen LogP contribution is 2.38. The van der Waals surface area contributed by atoms with Gasteiger partial charge in [0.25, 0.3) is 0 Å². The highest BCUT2D eigenvalue weighted by molar-refractivity contribution is 5.41. The highest BCUT2D eigenvalue weighted by Gasteiger charge is 2.28. The lowest BCUT2D eigenvalue weighted by Gasteiger charge is -2.33. The van der Waals surface area contributed by atoms with Crippen molar-refractivity contribution in [2.45, 2.75) is 44.1 Å². The van der Waals surface area contributed by atoms with Gasteiger partial charge in [-0.15, -0.1) is 0 Å². The summed E-state index contributed by atoms with van der Waals surface area (Å²) in [6.45, 7) is 0. The Morgan fingerprint density at radius 1 is 1.05 bits per heavy atom. The summed E-state index contributed by atoms with van der Waals surface area (Å²) in [6, 6.07) is 11.4. The summed E-state index contributed by atoms with van der Waals surface area (Å²) in [5, 5.41) is 0. The molecule has 0 aliphatic heterocycles. The van der Waals surface area contributed by atoms with Crippen LogP contribution in [0.15, 0.2) is 36.5 Å². The van der Waals surface area contributed by atoms with Crippen molar-refractivity contribution in [2.75, 3.05) is 11.9 Å². The van der Waals surface area contributed by atoms with Crippen LogP contribution in [0.5, 0.6) is 0 Å². The Balaban J connectivity index is 1.55. The maximum atomic E-state index is 4.78. The number of anilines is 1. The van der Waals surface area contributed by atoms with Crippen LogP contribution in [0.25, 0.3) is 0 Å². The van der Waals surface area contributed by atoms with Crippen molar-refractivity contribution in [3.8, 4) is 0 Å². The molecule has 108 valence electrons. The van der Waals surface area contributed by atoms with Gasteiger partial charge in [0.1, 0.15) is 11.6 Å². The molecule has 1 aromatic carbocycles. The summed E-state index contributed by atoms with van der Waals surface area (Å²) in [5.41, 5.74) is 3.01. The van der Waals surface area contributed by atoms with Gasteiger partial charge in [-0.1, -0.05) is 24.3 Å². The van der Waals surface area contributed by atoms with Crippen LogP contribution in [-0.2, 0) is 12.8 Å². The summed E-state index contributed by atoms with van der Waals surface area (Å²) >= 11 is 0. The molecule has 1 saturated carbocycles. The Kier molecular flexibility index (Phi) is 3.13. The largest absolute Gasteiger partial charge is 0.356 e. The molecule has 0 bridgehead atoms. The van der Waals surface area contributed by atoms with Gasteiger partial charge in [-0.2, -0.15) is 0 Å². The molecule has 0 spiro atoms. The van der Waals surface area contributed by atoms with Crippen LogP contribution in [0, 0.1) is 0 Å². The van der Waals surface area contributed by atoms with Gasteiger partial charge in [0, 0.05) is 25.2 Å². The lowest BCUT2D eigenvalue weighted by atomic mass is 9.88. The molecule has 0 saturated heterocycles. The molecule has 0 N–H and O–H groups in total. The van der Waals surface area contributed by atoms with E-state index in [1.807, 2.05) is 12.3 Å². The molecule has 21 heavy (non-hydrogen) atoms. The Labute approximate surface area is 126 Å². The molecule has 0 radical (unpaired) electrons. The van der Waals surface area contributed by atoms with Gasteiger partial charge in [-0.3, -0.25) is 0 Å². The van der Waals surface area contributed by atoms with Gasteiger partial charge in [0.2, 0.25) is 0 Å². The maximum absolute atomic E-state index is 4.78. The topological polar surface area (TPSA) is 29.0 Å². The minimum absolute atomic E-state index is 0.543. The van der Waals surface area contributed by atoms with E-state index in [0.29, 0.717) is 12.0 Å². The van der Waals surface area contributed by atoms with E-state index >= 15 is 0 Å². The number of hydrogen-bond donors (Lipinski definition) is 0. The molecule has 1 fully saturated rings. The quantitative estimate of drug-likeness (QED) is 0.863. The molecule has 2 aliphatic carbocycles. The molecule has 1 atom stereocenters. The fraction of sp³-hybridized carbons (Fsp3) is 0.444. The van der Waals surface area contributed by atoms with Gasteiger partial charge < -0.3 is 4.90 Å². The van der Waals surface area contributed by atoms with Crippen molar-refractivity contribution in [3.05, 3.63) is 53.5 Å². The number of aromatic nitrogens is 2. The molecule has 2 aromatic rings. The molecule has 0 amide bonds. The van der Waals surface area contributed by atoms with E-state index in [1.165, 1.54) is 36.8 Å². The lowest BCUT2D eigenvalue weighted by Crippen LogP contribution is -2.37. The average molecular weight is 279 g/mol. The summed E-state index contributed by atoms with van der Waals surface area (Å²) in [4.78, 5) is 11.6. The number of aryl methyl sites for hydroxylation is 1. The van der Waals surface area contributed by atoms with E-state index in [1.54, 1.807) is 0 Å². The molecule has 4 rings (SSSR count). The Bertz CT molecular complexity index is 648. The van der Waals surface area contributed by atoms with Gasteiger partial charge in [0.15, 0.2) is 0 Å². The number of nitrogens with zero attached hydrogens (tertiary/aromatic N) is 3. The minimum atomic E-state index is 0.543. The molecule has 0 unspecified atom stereocenters. The van der Waals surface area contributed by atoms with Gasteiger partial charge in [-0.05, 0) is 49.3 Å². The molecular weight excluding hydrogens is 258 g/mol. The van der Waals surface area contributed by atoms with E-state index in [0.717, 1.165) is 18.1 Å². The van der Waals surface area contributed by atoms with Crippen molar-refractivity contribution in [1.82, 2.24) is 9.97 Å². The summed E-state index contributed by atoms with van der Waals surface area (Å²) in [5.74, 6) is 2.73. The number of likely N-dealkylation sites (N-methyl/N-ethyl adjacent to an activating group) is 1. The molecule has 3 heteroatoms. The monoisotopic (exact) mass is 279 g/mol. The van der Waals surface area contributed by atoms with Crippen molar-refractivity contribution < 1.29 is 0 Å². The van der Waals surface area contributed by atoms with E-state index in [2.05, 4.69) is 41.2 Å². The number of benzene rings is 1. The Hall–Kier alpha value is -1.90. The zero-order valence-corrected chi connectivity index (χ0v) is 12.5. The zero-order valence-electron chi connectivity index (χ0n) is 12.5. The lowest BCUT2D eigenvalue weighted by molar-refractivity contribution is 0.543. The van der Waals surface area contributed by atoms with Gasteiger partial charge in [0.05, 0.1) is 0 Å².